The normalized spacial score (nSPS) is 18.2. The minimum absolute atomic E-state index is 0.212. The number of carbonyl (C=O) groups excluding carboxylic acids is 4. The van der Waals surface area contributed by atoms with Crippen LogP contribution in [0.5, 0.6) is 17.2 Å². The lowest BCUT2D eigenvalue weighted by molar-refractivity contribution is -0.152. The van der Waals surface area contributed by atoms with Crippen molar-refractivity contribution in [1.29, 1.82) is 0 Å². The molecule has 0 N–H and O–H groups in total. The molecule has 2 aliphatic carbocycles. The summed E-state index contributed by atoms with van der Waals surface area (Å²) < 4.78 is 39.4. The molecule has 6 rings (SSSR count). The third-order valence-corrected chi connectivity index (χ3v) is 13.9. The summed E-state index contributed by atoms with van der Waals surface area (Å²) in [5.41, 5.74) is 1.82. The zero-order valence-corrected chi connectivity index (χ0v) is 39.9. The zero-order chi connectivity index (χ0) is 47.2. The molecule has 0 amide bonds. The average Bonchev–Trinajstić information content (AvgIpc) is 3.36. The van der Waals surface area contributed by atoms with Gasteiger partial charge in [0.25, 0.3) is 0 Å². The van der Waals surface area contributed by atoms with Gasteiger partial charge in [0.2, 0.25) is 0 Å². The average molecular weight is 938 g/mol. The van der Waals surface area contributed by atoms with E-state index in [-0.39, 0.29) is 41.8 Å². The number of rotatable bonds is 27. The Bertz CT molecular complexity index is 2250. The summed E-state index contributed by atoms with van der Waals surface area (Å²) in [6, 6.07) is 19.6. The maximum absolute atomic E-state index is 13.5. The first-order valence-corrected chi connectivity index (χ1v) is 25.0. The number of nitrogens with zero attached hydrogens (tertiary/aromatic N) is 1. The van der Waals surface area contributed by atoms with Crippen LogP contribution in [0.4, 0.5) is 0 Å². The Morgan fingerprint density at radius 1 is 0.597 bits per heavy atom. The van der Waals surface area contributed by atoms with Crippen molar-refractivity contribution in [2.45, 2.75) is 126 Å². The van der Waals surface area contributed by atoms with Crippen LogP contribution >= 0.6 is 11.8 Å². The smallest absolute Gasteiger partial charge is 0.330 e. The molecule has 1 heterocycles. The molecular weight excluding hydrogens is 871 g/mol. The van der Waals surface area contributed by atoms with E-state index in [2.05, 4.69) is 25.3 Å². The molecule has 2 saturated carbocycles. The molecule has 0 atom stereocenters. The van der Waals surface area contributed by atoms with Crippen molar-refractivity contribution in [3.8, 4) is 17.2 Å². The molecule has 0 bridgehead atoms. The van der Waals surface area contributed by atoms with Crippen LogP contribution in [-0.2, 0) is 44.5 Å². The second-order valence-corrected chi connectivity index (χ2v) is 18.6. The molecule has 0 radical (unpaired) electrons. The first kappa shape index (κ1) is 51.0. The lowest BCUT2D eigenvalue weighted by atomic mass is 9.82. The van der Waals surface area contributed by atoms with Gasteiger partial charge in [-0.1, -0.05) is 31.7 Å². The van der Waals surface area contributed by atoms with E-state index in [0.717, 1.165) is 127 Å². The van der Waals surface area contributed by atoms with Crippen molar-refractivity contribution in [2.75, 3.05) is 40.1 Å². The van der Waals surface area contributed by atoms with Gasteiger partial charge >= 0.3 is 23.9 Å². The van der Waals surface area contributed by atoms with Crippen LogP contribution in [-0.4, -0.2) is 80.4 Å². The molecule has 67 heavy (non-hydrogen) atoms. The van der Waals surface area contributed by atoms with Gasteiger partial charge in [-0.05, 0) is 150 Å². The Balaban J connectivity index is 0.912. The van der Waals surface area contributed by atoms with Gasteiger partial charge in [0, 0.05) is 47.3 Å². The first-order chi connectivity index (χ1) is 32.7. The number of ether oxygens (including phenoxy) is 7. The summed E-state index contributed by atoms with van der Waals surface area (Å²) in [5, 5.41) is 4.41. The SMILES string of the molecule is C=CC(=O)OCCCCCCOc1ccc(CCOC(=O)C2CCC(C(=O)Oc3ccc4c(c3)nc(SC3CCC(OCCCCCCOC(=O)C=C)CC3)c3cc(OC)ccc34)CC2)cc1. The third kappa shape index (κ3) is 16.4. The van der Waals surface area contributed by atoms with Gasteiger partial charge in [0.15, 0.2) is 0 Å². The minimum atomic E-state index is -0.386. The summed E-state index contributed by atoms with van der Waals surface area (Å²) in [7, 11) is 1.67. The van der Waals surface area contributed by atoms with Gasteiger partial charge in [0.05, 0.1) is 57.0 Å². The van der Waals surface area contributed by atoms with E-state index in [4.69, 9.17) is 38.1 Å². The number of esters is 4. The molecule has 2 aliphatic rings. The van der Waals surface area contributed by atoms with Crippen LogP contribution in [0.2, 0.25) is 0 Å². The van der Waals surface area contributed by atoms with E-state index in [0.29, 0.717) is 69.5 Å². The Kier molecular flexibility index (Phi) is 20.9. The Morgan fingerprint density at radius 3 is 1.82 bits per heavy atom. The maximum Gasteiger partial charge on any atom is 0.330 e. The third-order valence-electron chi connectivity index (χ3n) is 12.5. The van der Waals surface area contributed by atoms with E-state index in [1.165, 1.54) is 12.2 Å². The molecule has 360 valence electrons. The molecule has 13 heteroatoms. The Morgan fingerprint density at radius 2 is 1.18 bits per heavy atom. The number of pyridine rings is 1. The molecule has 0 aliphatic heterocycles. The van der Waals surface area contributed by atoms with Gasteiger partial charge in [-0.2, -0.15) is 0 Å². The number of unbranched alkanes of at least 4 members (excludes halogenated alkanes) is 6. The van der Waals surface area contributed by atoms with Crippen LogP contribution in [0.15, 0.2) is 91.0 Å². The van der Waals surface area contributed by atoms with Crippen LogP contribution in [0.3, 0.4) is 0 Å². The van der Waals surface area contributed by atoms with Gasteiger partial charge < -0.3 is 33.2 Å². The standard InChI is InChI=1S/C54H67NO11S/c1-4-50(56)63-33-12-8-6-10-31-61-41-20-14-38(15-21-41)30-35-65-53(58)39-16-18-40(19-17-39)54(59)66-44-25-29-47-46-28-24-43(60-3)36-48(46)52(55-49(47)37-44)67-45-26-22-42(23-27-45)62-32-11-7-9-13-34-64-51(57)5-2/h4-5,14-15,20-21,24-25,28-29,36-37,39-40,42,45H,1-2,6-13,16-19,22-23,26-27,30-35H2,3H3. The van der Waals surface area contributed by atoms with Crippen LogP contribution in [0, 0.1) is 11.8 Å². The van der Waals surface area contributed by atoms with Crippen molar-refractivity contribution in [3.63, 3.8) is 0 Å². The number of thioether (sulfide) groups is 1. The Hall–Kier alpha value is -5.40. The number of hydrogen-bond acceptors (Lipinski definition) is 13. The topological polar surface area (TPSA) is 146 Å². The van der Waals surface area contributed by atoms with Gasteiger partial charge in [-0.15, -0.1) is 11.8 Å². The number of methoxy groups -OCH3 is 1. The molecule has 12 nitrogen and oxygen atoms in total. The van der Waals surface area contributed by atoms with E-state index in [1.54, 1.807) is 18.9 Å². The van der Waals surface area contributed by atoms with Gasteiger partial charge in [-0.3, -0.25) is 9.59 Å². The molecule has 2 fully saturated rings. The van der Waals surface area contributed by atoms with Crippen molar-refractivity contribution in [3.05, 3.63) is 91.5 Å². The summed E-state index contributed by atoms with van der Waals surface area (Å²) in [5.74, 6) is 0.249. The number of carbonyl (C=O) groups is 4. The number of aromatic nitrogens is 1. The fraction of sp³-hybridized carbons (Fsp3) is 0.500. The van der Waals surface area contributed by atoms with Crippen LogP contribution < -0.4 is 14.2 Å². The van der Waals surface area contributed by atoms with E-state index >= 15 is 0 Å². The molecule has 1 aromatic heterocycles. The van der Waals surface area contributed by atoms with Crippen molar-refractivity contribution in [1.82, 2.24) is 4.98 Å². The molecule has 0 spiro atoms. The summed E-state index contributed by atoms with van der Waals surface area (Å²) in [6.45, 7) is 9.30. The highest BCUT2D eigenvalue weighted by molar-refractivity contribution is 8.00. The number of fused-ring (bicyclic) bond motifs is 3. The maximum atomic E-state index is 13.5. The Labute approximate surface area is 399 Å². The van der Waals surface area contributed by atoms with Crippen molar-refractivity contribution < 1.29 is 52.3 Å². The van der Waals surface area contributed by atoms with E-state index in [9.17, 15) is 19.2 Å². The van der Waals surface area contributed by atoms with Crippen molar-refractivity contribution >= 4 is 57.3 Å². The highest BCUT2D eigenvalue weighted by Crippen LogP contribution is 2.41. The van der Waals surface area contributed by atoms with Gasteiger partial charge in [-0.25, -0.2) is 14.6 Å². The van der Waals surface area contributed by atoms with Gasteiger partial charge in [0.1, 0.15) is 22.3 Å². The monoisotopic (exact) mass is 937 g/mol. The van der Waals surface area contributed by atoms with E-state index in [1.807, 2.05) is 48.5 Å². The second kappa shape index (κ2) is 27.4. The van der Waals surface area contributed by atoms with Crippen molar-refractivity contribution in [2.24, 2.45) is 11.8 Å². The highest BCUT2D eigenvalue weighted by atomic mass is 32.2. The lowest BCUT2D eigenvalue weighted by Crippen LogP contribution is -2.29. The first-order valence-electron chi connectivity index (χ1n) is 24.1. The van der Waals surface area contributed by atoms with Crippen LogP contribution in [0.1, 0.15) is 108 Å². The molecule has 4 aromatic rings. The lowest BCUT2D eigenvalue weighted by Gasteiger charge is -2.28. The quantitative estimate of drug-likeness (QED) is 0.0140. The molecular formula is C54H67NO11S. The summed E-state index contributed by atoms with van der Waals surface area (Å²) in [4.78, 5) is 53.9. The molecule has 0 unspecified atom stereocenters. The fourth-order valence-electron chi connectivity index (χ4n) is 8.61. The number of hydrogen-bond donors (Lipinski definition) is 0. The predicted molar refractivity (Wildman–Crippen MR) is 261 cm³/mol. The molecule has 0 saturated heterocycles. The minimum Gasteiger partial charge on any atom is -0.497 e. The largest absolute Gasteiger partial charge is 0.497 e. The summed E-state index contributed by atoms with van der Waals surface area (Å²) in [6.07, 6.45) is 17.2. The summed E-state index contributed by atoms with van der Waals surface area (Å²) >= 11 is 1.80. The predicted octanol–water partition coefficient (Wildman–Crippen LogP) is 11.3. The fourth-order valence-corrected chi connectivity index (χ4v) is 9.88. The zero-order valence-electron chi connectivity index (χ0n) is 39.1. The van der Waals surface area contributed by atoms with E-state index < -0.39 is 0 Å². The number of benzene rings is 3. The molecule has 3 aromatic carbocycles. The second-order valence-electron chi connectivity index (χ2n) is 17.3. The highest BCUT2D eigenvalue weighted by Gasteiger charge is 2.32. The van der Waals surface area contributed by atoms with Crippen LogP contribution in [0.25, 0.3) is 21.7 Å².